The van der Waals surface area contributed by atoms with Gasteiger partial charge in [-0.15, -0.1) is 0 Å². The molecule has 0 spiro atoms. The number of hydrogen-bond acceptors (Lipinski definition) is 3. The van der Waals surface area contributed by atoms with E-state index >= 15 is 0 Å². The van der Waals surface area contributed by atoms with Gasteiger partial charge in [0, 0.05) is 44.6 Å². The van der Waals surface area contributed by atoms with E-state index in [4.69, 9.17) is 4.74 Å². The molecule has 110 valence electrons. The van der Waals surface area contributed by atoms with Gasteiger partial charge >= 0.3 is 0 Å². The Morgan fingerprint density at radius 3 is 2.79 bits per heavy atom. The molecular formula is C15H29N3O. The van der Waals surface area contributed by atoms with Crippen molar-refractivity contribution in [2.24, 2.45) is 0 Å². The average molecular weight is 267 g/mol. The molecule has 1 aromatic heterocycles. The quantitative estimate of drug-likeness (QED) is 0.626. The summed E-state index contributed by atoms with van der Waals surface area (Å²) in [6.07, 6.45) is 8.23. The molecule has 4 nitrogen and oxygen atoms in total. The summed E-state index contributed by atoms with van der Waals surface area (Å²) in [6.45, 7) is 10.2. The van der Waals surface area contributed by atoms with Crippen molar-refractivity contribution in [3.05, 3.63) is 18.2 Å². The molecule has 1 atom stereocenters. The molecule has 1 N–H and O–H groups in total. The first-order valence-corrected chi connectivity index (χ1v) is 7.62. The smallest absolute Gasteiger partial charge is 0.110 e. The second-order valence-corrected chi connectivity index (χ2v) is 4.89. The minimum Gasteiger partial charge on any atom is -0.381 e. The van der Waals surface area contributed by atoms with E-state index in [1.54, 1.807) is 0 Å². The Labute approximate surface area is 117 Å². The maximum Gasteiger partial charge on any atom is 0.110 e. The van der Waals surface area contributed by atoms with E-state index in [9.17, 15) is 0 Å². The number of hydrogen-bond donors (Lipinski definition) is 1. The Balaban J connectivity index is 2.43. The SMILES string of the molecule is CCCNC(CCOCCC)Cc1nccn1CC. The molecule has 0 saturated heterocycles. The second-order valence-electron chi connectivity index (χ2n) is 4.89. The Morgan fingerprint density at radius 1 is 1.26 bits per heavy atom. The van der Waals surface area contributed by atoms with Gasteiger partial charge in [-0.25, -0.2) is 4.98 Å². The van der Waals surface area contributed by atoms with Crippen LogP contribution >= 0.6 is 0 Å². The van der Waals surface area contributed by atoms with Gasteiger partial charge in [-0.2, -0.15) is 0 Å². The maximum atomic E-state index is 5.60. The third-order valence-electron chi connectivity index (χ3n) is 3.21. The van der Waals surface area contributed by atoms with Crippen molar-refractivity contribution < 1.29 is 4.74 Å². The summed E-state index contributed by atoms with van der Waals surface area (Å²) in [4.78, 5) is 4.46. The molecule has 0 fully saturated rings. The first-order chi connectivity index (χ1) is 9.31. The molecular weight excluding hydrogens is 238 g/mol. The molecule has 0 aliphatic rings. The van der Waals surface area contributed by atoms with Crippen LogP contribution in [0.15, 0.2) is 12.4 Å². The number of ether oxygens (including phenoxy) is 1. The zero-order chi connectivity index (χ0) is 13.9. The first kappa shape index (κ1) is 16.2. The minimum atomic E-state index is 0.463. The zero-order valence-corrected chi connectivity index (χ0v) is 12.7. The lowest BCUT2D eigenvalue weighted by Gasteiger charge is -2.18. The van der Waals surface area contributed by atoms with E-state index in [1.165, 1.54) is 5.82 Å². The van der Waals surface area contributed by atoms with Gasteiger partial charge in [0.2, 0.25) is 0 Å². The normalized spacial score (nSPS) is 12.8. The fourth-order valence-corrected chi connectivity index (χ4v) is 2.14. The van der Waals surface area contributed by atoms with E-state index in [1.807, 2.05) is 6.20 Å². The molecule has 0 radical (unpaired) electrons. The summed E-state index contributed by atoms with van der Waals surface area (Å²) < 4.78 is 7.82. The lowest BCUT2D eigenvalue weighted by Crippen LogP contribution is -2.34. The summed E-state index contributed by atoms with van der Waals surface area (Å²) in [5, 5.41) is 3.60. The Hall–Kier alpha value is -0.870. The highest BCUT2D eigenvalue weighted by molar-refractivity contribution is 4.95. The third kappa shape index (κ3) is 6.21. The summed E-state index contributed by atoms with van der Waals surface area (Å²) in [5.74, 6) is 1.17. The van der Waals surface area contributed by atoms with Crippen LogP contribution in [0.1, 0.15) is 45.9 Å². The van der Waals surface area contributed by atoms with Crippen molar-refractivity contribution in [3.63, 3.8) is 0 Å². The van der Waals surface area contributed by atoms with Crippen molar-refractivity contribution in [1.82, 2.24) is 14.9 Å². The summed E-state index contributed by atoms with van der Waals surface area (Å²) in [7, 11) is 0. The van der Waals surface area contributed by atoms with E-state index in [2.05, 4.69) is 41.8 Å². The highest BCUT2D eigenvalue weighted by atomic mass is 16.5. The maximum absolute atomic E-state index is 5.60. The van der Waals surface area contributed by atoms with E-state index in [-0.39, 0.29) is 0 Å². The molecule has 19 heavy (non-hydrogen) atoms. The number of rotatable bonds is 11. The number of imidazole rings is 1. The van der Waals surface area contributed by atoms with Crippen molar-refractivity contribution in [3.8, 4) is 0 Å². The molecule has 1 heterocycles. The lowest BCUT2D eigenvalue weighted by atomic mass is 10.1. The van der Waals surface area contributed by atoms with Gasteiger partial charge < -0.3 is 14.6 Å². The number of aromatic nitrogens is 2. The van der Waals surface area contributed by atoms with Crippen LogP contribution in [0.5, 0.6) is 0 Å². The molecule has 4 heteroatoms. The van der Waals surface area contributed by atoms with Gasteiger partial charge in [-0.05, 0) is 32.7 Å². The van der Waals surface area contributed by atoms with Crippen LogP contribution in [0.4, 0.5) is 0 Å². The highest BCUT2D eigenvalue weighted by Gasteiger charge is 2.12. The Kier molecular flexibility index (Phi) is 8.50. The second kappa shape index (κ2) is 9.98. The van der Waals surface area contributed by atoms with Crippen LogP contribution in [0.2, 0.25) is 0 Å². The molecule has 1 rings (SSSR count). The van der Waals surface area contributed by atoms with E-state index in [0.29, 0.717) is 6.04 Å². The highest BCUT2D eigenvalue weighted by Crippen LogP contribution is 2.05. The summed E-state index contributed by atoms with van der Waals surface area (Å²) in [5.41, 5.74) is 0. The lowest BCUT2D eigenvalue weighted by molar-refractivity contribution is 0.124. The van der Waals surface area contributed by atoms with Crippen LogP contribution < -0.4 is 5.32 Å². The van der Waals surface area contributed by atoms with Crippen LogP contribution in [0.3, 0.4) is 0 Å². The van der Waals surface area contributed by atoms with Crippen LogP contribution in [0.25, 0.3) is 0 Å². The summed E-state index contributed by atoms with van der Waals surface area (Å²) >= 11 is 0. The Bertz CT molecular complexity index is 325. The van der Waals surface area contributed by atoms with Gasteiger partial charge in [0.05, 0.1) is 0 Å². The van der Waals surface area contributed by atoms with Crippen LogP contribution in [0, 0.1) is 0 Å². The predicted molar refractivity (Wildman–Crippen MR) is 79.4 cm³/mol. The van der Waals surface area contributed by atoms with Crippen molar-refractivity contribution in [2.45, 2.75) is 59.0 Å². The van der Waals surface area contributed by atoms with Gasteiger partial charge in [-0.3, -0.25) is 0 Å². The van der Waals surface area contributed by atoms with Gasteiger partial charge in [0.25, 0.3) is 0 Å². The molecule has 0 aliphatic heterocycles. The van der Waals surface area contributed by atoms with E-state index < -0.39 is 0 Å². The molecule has 0 aromatic carbocycles. The Morgan fingerprint density at radius 2 is 2.11 bits per heavy atom. The molecule has 1 unspecified atom stereocenters. The largest absolute Gasteiger partial charge is 0.381 e. The van der Waals surface area contributed by atoms with Gasteiger partial charge in [-0.1, -0.05) is 13.8 Å². The van der Waals surface area contributed by atoms with Gasteiger partial charge in [0.1, 0.15) is 5.82 Å². The average Bonchev–Trinajstić information content (AvgIpc) is 2.87. The molecule has 0 saturated carbocycles. The third-order valence-corrected chi connectivity index (χ3v) is 3.21. The topological polar surface area (TPSA) is 39.1 Å². The molecule has 0 bridgehead atoms. The standard InChI is InChI=1S/C15H29N3O/c1-4-8-16-14(7-12-19-11-5-2)13-15-17-9-10-18(15)6-3/h9-10,14,16H,4-8,11-13H2,1-3H3. The molecule has 0 amide bonds. The predicted octanol–water partition coefficient (Wildman–Crippen LogP) is 2.63. The fraction of sp³-hybridized carbons (Fsp3) is 0.800. The number of nitrogens with zero attached hydrogens (tertiary/aromatic N) is 2. The minimum absolute atomic E-state index is 0.463. The zero-order valence-electron chi connectivity index (χ0n) is 12.7. The number of aryl methyl sites for hydroxylation is 1. The number of nitrogens with one attached hydrogen (secondary N) is 1. The summed E-state index contributed by atoms with van der Waals surface area (Å²) in [6, 6.07) is 0.463. The van der Waals surface area contributed by atoms with E-state index in [0.717, 1.165) is 52.0 Å². The fourth-order valence-electron chi connectivity index (χ4n) is 2.14. The van der Waals surface area contributed by atoms with Crippen molar-refractivity contribution in [2.75, 3.05) is 19.8 Å². The van der Waals surface area contributed by atoms with Crippen molar-refractivity contribution >= 4 is 0 Å². The molecule has 1 aromatic rings. The van der Waals surface area contributed by atoms with Crippen molar-refractivity contribution in [1.29, 1.82) is 0 Å². The van der Waals surface area contributed by atoms with Crippen LogP contribution in [-0.2, 0) is 17.7 Å². The first-order valence-electron chi connectivity index (χ1n) is 7.62. The monoisotopic (exact) mass is 267 g/mol. The molecule has 0 aliphatic carbocycles. The van der Waals surface area contributed by atoms with Crippen LogP contribution in [-0.4, -0.2) is 35.4 Å². The van der Waals surface area contributed by atoms with Gasteiger partial charge in [0.15, 0.2) is 0 Å².